The standard InChI is InChI=1S/C18H24N4O5/c1-11(2)14(16(24)21-13-5-8-20-17(25)15(13)23)22-18(26)27-9-6-12-4-3-7-19-10-12/h3-4,7,10-11,13-14H,5-6,8-9H2,1-2H3,(H,20,25)(H,21,24)(H,22,26). The Morgan fingerprint density at radius 2 is 2.15 bits per heavy atom. The van der Waals surface area contributed by atoms with E-state index in [0.29, 0.717) is 19.4 Å². The van der Waals surface area contributed by atoms with Gasteiger partial charge in [0.15, 0.2) is 0 Å². The van der Waals surface area contributed by atoms with E-state index in [0.717, 1.165) is 5.56 Å². The highest BCUT2D eigenvalue weighted by molar-refractivity contribution is 6.39. The highest BCUT2D eigenvalue weighted by Gasteiger charge is 2.33. The fraction of sp³-hybridized carbons (Fsp3) is 0.500. The molecule has 1 aromatic heterocycles. The van der Waals surface area contributed by atoms with Crippen LogP contribution in [0.2, 0.25) is 0 Å². The third-order valence-corrected chi connectivity index (χ3v) is 4.14. The fourth-order valence-corrected chi connectivity index (χ4v) is 2.62. The van der Waals surface area contributed by atoms with Crippen molar-refractivity contribution in [1.82, 2.24) is 20.9 Å². The first-order valence-corrected chi connectivity index (χ1v) is 8.83. The molecule has 2 heterocycles. The van der Waals surface area contributed by atoms with Gasteiger partial charge in [0.2, 0.25) is 11.7 Å². The molecule has 0 spiro atoms. The van der Waals surface area contributed by atoms with Crippen LogP contribution in [0.1, 0.15) is 25.8 Å². The van der Waals surface area contributed by atoms with Crippen LogP contribution in [-0.4, -0.2) is 53.9 Å². The van der Waals surface area contributed by atoms with Crippen molar-refractivity contribution in [2.24, 2.45) is 5.92 Å². The van der Waals surface area contributed by atoms with E-state index in [1.54, 1.807) is 32.3 Å². The minimum Gasteiger partial charge on any atom is -0.449 e. The third kappa shape index (κ3) is 6.05. The number of alkyl carbamates (subject to hydrolysis) is 1. The Labute approximate surface area is 157 Å². The van der Waals surface area contributed by atoms with Crippen molar-refractivity contribution < 1.29 is 23.9 Å². The van der Waals surface area contributed by atoms with Crippen LogP contribution >= 0.6 is 0 Å². The molecular formula is C18H24N4O5. The number of piperidine rings is 1. The number of nitrogens with zero attached hydrogens (tertiary/aromatic N) is 1. The van der Waals surface area contributed by atoms with Gasteiger partial charge in [0.1, 0.15) is 6.04 Å². The predicted molar refractivity (Wildman–Crippen MR) is 95.6 cm³/mol. The summed E-state index contributed by atoms with van der Waals surface area (Å²) in [5.41, 5.74) is 0.928. The van der Waals surface area contributed by atoms with Crippen LogP contribution in [0.4, 0.5) is 4.79 Å². The molecule has 9 nitrogen and oxygen atoms in total. The lowest BCUT2D eigenvalue weighted by molar-refractivity contribution is -0.142. The Bertz CT molecular complexity index is 692. The number of hydrogen-bond donors (Lipinski definition) is 3. The van der Waals surface area contributed by atoms with Crippen LogP contribution in [0, 0.1) is 5.92 Å². The van der Waals surface area contributed by atoms with Crippen molar-refractivity contribution in [3.63, 3.8) is 0 Å². The van der Waals surface area contributed by atoms with Crippen molar-refractivity contribution >= 4 is 23.7 Å². The second kappa shape index (κ2) is 9.65. The summed E-state index contributed by atoms with van der Waals surface area (Å²) >= 11 is 0. The highest BCUT2D eigenvalue weighted by atomic mass is 16.5. The van der Waals surface area contributed by atoms with Crippen molar-refractivity contribution in [2.45, 2.75) is 38.8 Å². The van der Waals surface area contributed by atoms with E-state index in [2.05, 4.69) is 20.9 Å². The van der Waals surface area contributed by atoms with Crippen LogP contribution in [-0.2, 0) is 25.5 Å². The molecule has 3 amide bonds. The van der Waals surface area contributed by atoms with E-state index in [1.165, 1.54) is 0 Å². The Hall–Kier alpha value is -2.97. The van der Waals surface area contributed by atoms with Gasteiger partial charge >= 0.3 is 6.09 Å². The van der Waals surface area contributed by atoms with Crippen molar-refractivity contribution in [2.75, 3.05) is 13.2 Å². The van der Waals surface area contributed by atoms with Gasteiger partial charge < -0.3 is 20.7 Å². The highest BCUT2D eigenvalue weighted by Crippen LogP contribution is 2.06. The zero-order chi connectivity index (χ0) is 19.8. The molecule has 27 heavy (non-hydrogen) atoms. The molecule has 0 radical (unpaired) electrons. The number of hydrogen-bond acceptors (Lipinski definition) is 6. The number of rotatable bonds is 7. The number of nitrogens with one attached hydrogen (secondary N) is 3. The summed E-state index contributed by atoms with van der Waals surface area (Å²) in [6, 6.07) is 1.90. The van der Waals surface area contributed by atoms with E-state index in [9.17, 15) is 19.2 Å². The first kappa shape index (κ1) is 20.3. The van der Waals surface area contributed by atoms with E-state index < -0.39 is 35.8 Å². The average molecular weight is 376 g/mol. The molecule has 1 aromatic rings. The van der Waals surface area contributed by atoms with Gasteiger partial charge in [-0.1, -0.05) is 19.9 Å². The summed E-state index contributed by atoms with van der Waals surface area (Å²) in [7, 11) is 0. The largest absolute Gasteiger partial charge is 0.449 e. The molecule has 3 N–H and O–H groups in total. The van der Waals surface area contributed by atoms with Crippen LogP contribution in [0.5, 0.6) is 0 Å². The Morgan fingerprint density at radius 1 is 1.37 bits per heavy atom. The smallest absolute Gasteiger partial charge is 0.407 e. The minimum atomic E-state index is -0.881. The SMILES string of the molecule is CC(C)C(NC(=O)OCCc1cccnc1)C(=O)NC1CCNC(=O)C1=O. The average Bonchev–Trinajstić information content (AvgIpc) is 2.64. The monoisotopic (exact) mass is 376 g/mol. The number of pyridine rings is 1. The molecule has 1 aliphatic heterocycles. The molecule has 0 aromatic carbocycles. The zero-order valence-corrected chi connectivity index (χ0v) is 15.4. The summed E-state index contributed by atoms with van der Waals surface area (Å²) in [6.07, 6.45) is 3.44. The molecular weight excluding hydrogens is 352 g/mol. The quantitative estimate of drug-likeness (QED) is 0.573. The maximum absolute atomic E-state index is 12.5. The molecule has 0 aliphatic carbocycles. The minimum absolute atomic E-state index is 0.144. The van der Waals surface area contributed by atoms with E-state index in [4.69, 9.17) is 4.74 Å². The summed E-state index contributed by atoms with van der Waals surface area (Å²) in [5, 5.41) is 7.48. The molecule has 2 atom stereocenters. The number of carbonyl (C=O) groups excluding carboxylic acids is 4. The van der Waals surface area contributed by atoms with Gasteiger partial charge in [0, 0.05) is 25.4 Å². The summed E-state index contributed by atoms with van der Waals surface area (Å²) in [5.74, 6) is -2.16. The topological polar surface area (TPSA) is 126 Å². The lowest BCUT2D eigenvalue weighted by atomic mass is 10.0. The molecule has 1 fully saturated rings. The van der Waals surface area contributed by atoms with Gasteiger partial charge in [0.25, 0.3) is 5.91 Å². The van der Waals surface area contributed by atoms with Crippen LogP contribution in [0.15, 0.2) is 24.5 Å². The molecule has 146 valence electrons. The van der Waals surface area contributed by atoms with Gasteiger partial charge in [-0.2, -0.15) is 0 Å². The normalized spacial score (nSPS) is 17.8. The van der Waals surface area contributed by atoms with Gasteiger partial charge in [-0.05, 0) is 24.0 Å². The summed E-state index contributed by atoms with van der Waals surface area (Å²) < 4.78 is 5.12. The van der Waals surface area contributed by atoms with Crippen LogP contribution in [0.3, 0.4) is 0 Å². The second-order valence-electron chi connectivity index (χ2n) is 6.58. The molecule has 2 rings (SSSR count). The molecule has 1 aliphatic rings. The maximum atomic E-state index is 12.5. The molecule has 0 bridgehead atoms. The third-order valence-electron chi connectivity index (χ3n) is 4.14. The molecule has 0 saturated carbocycles. The number of amides is 3. The second-order valence-corrected chi connectivity index (χ2v) is 6.58. The van der Waals surface area contributed by atoms with Gasteiger partial charge in [-0.3, -0.25) is 19.4 Å². The Kier molecular flexibility index (Phi) is 7.27. The lowest BCUT2D eigenvalue weighted by Crippen LogP contribution is -2.58. The van der Waals surface area contributed by atoms with Crippen molar-refractivity contribution in [3.05, 3.63) is 30.1 Å². The number of carbonyl (C=O) groups is 4. The van der Waals surface area contributed by atoms with Crippen molar-refractivity contribution in [1.29, 1.82) is 0 Å². The molecule has 9 heteroatoms. The van der Waals surface area contributed by atoms with Crippen LogP contribution < -0.4 is 16.0 Å². The van der Waals surface area contributed by atoms with Crippen molar-refractivity contribution in [3.8, 4) is 0 Å². The number of aromatic nitrogens is 1. The Morgan fingerprint density at radius 3 is 2.81 bits per heavy atom. The van der Waals surface area contributed by atoms with Gasteiger partial charge in [-0.15, -0.1) is 0 Å². The molecule has 1 saturated heterocycles. The summed E-state index contributed by atoms with van der Waals surface area (Å²) in [6.45, 7) is 3.97. The first-order valence-electron chi connectivity index (χ1n) is 8.83. The van der Waals surface area contributed by atoms with E-state index in [1.807, 2.05) is 6.07 Å². The number of ketones is 1. The first-order chi connectivity index (χ1) is 12.9. The number of Topliss-reactive ketones (excluding diaryl/α,β-unsaturated/α-hetero) is 1. The van der Waals surface area contributed by atoms with Gasteiger partial charge in [0.05, 0.1) is 12.6 Å². The summed E-state index contributed by atoms with van der Waals surface area (Å²) in [4.78, 5) is 51.6. The predicted octanol–water partition coefficient (Wildman–Crippen LogP) is -0.0513. The van der Waals surface area contributed by atoms with E-state index >= 15 is 0 Å². The molecule has 2 unspecified atom stereocenters. The fourth-order valence-electron chi connectivity index (χ4n) is 2.62. The number of ether oxygens (including phenoxy) is 1. The lowest BCUT2D eigenvalue weighted by Gasteiger charge is -2.26. The van der Waals surface area contributed by atoms with Crippen LogP contribution in [0.25, 0.3) is 0 Å². The van der Waals surface area contributed by atoms with E-state index in [-0.39, 0.29) is 12.5 Å². The maximum Gasteiger partial charge on any atom is 0.407 e. The van der Waals surface area contributed by atoms with Gasteiger partial charge in [-0.25, -0.2) is 4.79 Å². The zero-order valence-electron chi connectivity index (χ0n) is 15.4. The Balaban J connectivity index is 1.84.